The zero-order valence-electron chi connectivity index (χ0n) is 23.1. The van der Waals surface area contributed by atoms with Gasteiger partial charge in [0.15, 0.2) is 18.0 Å². The van der Waals surface area contributed by atoms with Crippen molar-refractivity contribution >= 4 is 67.3 Å². The van der Waals surface area contributed by atoms with Gasteiger partial charge in [0.25, 0.3) is 15.1 Å². The Balaban J connectivity index is 1.46. The fourth-order valence-electron chi connectivity index (χ4n) is 4.17. The zero-order chi connectivity index (χ0) is 28.8. The lowest BCUT2D eigenvalue weighted by molar-refractivity contribution is -0.669. The van der Waals surface area contributed by atoms with Crippen LogP contribution in [0.5, 0.6) is 11.5 Å². The molecule has 0 aliphatic carbocycles. The van der Waals surface area contributed by atoms with Crippen LogP contribution < -0.4 is 14.0 Å². The van der Waals surface area contributed by atoms with Crippen LogP contribution in [0.2, 0.25) is 0 Å². The molecule has 0 radical (unpaired) electrons. The average Bonchev–Trinajstić information content (AvgIpc) is 3.31. The van der Waals surface area contributed by atoms with E-state index in [2.05, 4.69) is 28.9 Å². The Morgan fingerprint density at radius 1 is 0.805 bits per heavy atom. The summed E-state index contributed by atoms with van der Waals surface area (Å²) in [7, 11) is -3.95. The maximum absolute atomic E-state index is 11.1. The monoisotopic (exact) mass is 640 g/mol. The molecule has 0 spiro atoms. The van der Waals surface area contributed by atoms with Crippen molar-refractivity contribution < 1.29 is 36.5 Å². The van der Waals surface area contributed by atoms with Gasteiger partial charge in [-0.05, 0) is 36.3 Å². The Morgan fingerprint density at radius 2 is 1.49 bits per heavy atom. The van der Waals surface area contributed by atoms with Crippen molar-refractivity contribution in [3.63, 3.8) is 0 Å². The fourth-order valence-corrected chi connectivity index (χ4v) is 7.11. The maximum atomic E-state index is 11.1. The third-order valence-corrected chi connectivity index (χ3v) is 9.90. The van der Waals surface area contributed by atoms with E-state index in [1.165, 1.54) is 0 Å². The van der Waals surface area contributed by atoms with Gasteiger partial charge >= 0.3 is 0 Å². The van der Waals surface area contributed by atoms with Crippen molar-refractivity contribution in [1.82, 2.24) is 0 Å². The molecule has 3 aromatic rings. The molecular formula is C29H38NO7S4+. The number of aromatic nitrogens is 1. The second-order valence-electron chi connectivity index (χ2n) is 9.24. The van der Waals surface area contributed by atoms with Gasteiger partial charge in [0.05, 0.1) is 45.4 Å². The van der Waals surface area contributed by atoms with Gasteiger partial charge in [0, 0.05) is 41.6 Å². The maximum Gasteiger partial charge on any atom is 0.264 e. The Kier molecular flexibility index (Phi) is 13.6. The van der Waals surface area contributed by atoms with Crippen LogP contribution >= 0.6 is 34.9 Å². The fraction of sp³-hybridized carbons (Fsp3) is 0.483. The Hall–Kier alpha value is -1.80. The zero-order valence-corrected chi connectivity index (χ0v) is 26.3. The van der Waals surface area contributed by atoms with Crippen molar-refractivity contribution in [2.75, 3.05) is 68.4 Å². The molecule has 41 heavy (non-hydrogen) atoms. The highest BCUT2D eigenvalue weighted by atomic mass is 32.2. The number of hydrogen-bond donors (Lipinski definition) is 1. The smallest absolute Gasteiger partial charge is 0.264 e. The van der Waals surface area contributed by atoms with E-state index in [9.17, 15) is 8.42 Å². The molecule has 2 aromatic carbocycles. The molecular weight excluding hydrogens is 603 g/mol. The molecule has 2 heterocycles. The van der Waals surface area contributed by atoms with Crippen LogP contribution in [-0.4, -0.2) is 81.4 Å². The molecule has 0 amide bonds. The molecule has 224 valence electrons. The first kappa shape index (κ1) is 32.1. The van der Waals surface area contributed by atoms with Crippen LogP contribution in [0.25, 0.3) is 22.4 Å². The van der Waals surface area contributed by atoms with Gasteiger partial charge < -0.3 is 18.9 Å². The molecule has 8 nitrogen and oxygen atoms in total. The highest BCUT2D eigenvalue weighted by Crippen LogP contribution is 2.30. The summed E-state index contributed by atoms with van der Waals surface area (Å²) in [5.74, 6) is 4.80. The summed E-state index contributed by atoms with van der Waals surface area (Å²) in [6.45, 7) is 4.50. The summed E-state index contributed by atoms with van der Waals surface area (Å²) in [5.41, 5.74) is 2.10. The molecule has 4 rings (SSSR count). The molecule has 12 heteroatoms. The van der Waals surface area contributed by atoms with Crippen LogP contribution in [-0.2, 0) is 26.1 Å². The van der Waals surface area contributed by atoms with E-state index in [4.69, 9.17) is 23.5 Å². The van der Waals surface area contributed by atoms with E-state index < -0.39 is 10.1 Å². The van der Waals surface area contributed by atoms with E-state index in [0.717, 1.165) is 55.3 Å². The van der Waals surface area contributed by atoms with Crippen molar-refractivity contribution in [3.8, 4) is 11.5 Å². The number of unbranched alkanes of at least 4 members (excludes halogenated alkanes) is 1. The lowest BCUT2D eigenvalue weighted by Crippen LogP contribution is -2.35. The van der Waals surface area contributed by atoms with E-state index in [1.807, 2.05) is 30.3 Å². The molecule has 0 bridgehead atoms. The minimum Gasteiger partial charge on any atom is -0.489 e. The molecule has 1 aromatic heterocycles. The minimum atomic E-state index is -3.95. The number of thiazole rings is 1. The molecule has 0 saturated carbocycles. The molecule has 0 fully saturated rings. The number of para-hydroxylation sites is 1. The van der Waals surface area contributed by atoms with E-state index in [-0.39, 0.29) is 5.75 Å². The largest absolute Gasteiger partial charge is 0.489 e. The quantitative estimate of drug-likeness (QED) is 0.210. The Morgan fingerprint density at radius 3 is 2.22 bits per heavy atom. The number of nitrogens with zero attached hydrogens (tertiary/aromatic N) is 1. The van der Waals surface area contributed by atoms with E-state index >= 15 is 0 Å². The summed E-state index contributed by atoms with van der Waals surface area (Å²) in [4.78, 5) is 0. The molecule has 1 N–H and O–H groups in total. The number of fused-ring (bicyclic) bond motifs is 2. The summed E-state index contributed by atoms with van der Waals surface area (Å²) in [6.07, 6.45) is 5.20. The van der Waals surface area contributed by atoms with Gasteiger partial charge in [-0.15, -0.1) is 0 Å². The average molecular weight is 641 g/mol. The third kappa shape index (κ3) is 11.4. The first-order valence-corrected chi connectivity index (χ1v) is 18.5. The number of aryl methyl sites for hydroxylation is 1. The topological polar surface area (TPSA) is 95.2 Å². The predicted molar refractivity (Wildman–Crippen MR) is 170 cm³/mol. The second kappa shape index (κ2) is 17.3. The number of ether oxygens (including phenoxy) is 4. The highest BCUT2D eigenvalue weighted by Gasteiger charge is 2.18. The van der Waals surface area contributed by atoms with Crippen molar-refractivity contribution in [2.24, 2.45) is 0 Å². The molecule has 0 saturated heterocycles. The first-order chi connectivity index (χ1) is 20.0. The summed E-state index contributed by atoms with van der Waals surface area (Å²) >= 11 is 5.29. The number of hydrogen-bond acceptors (Lipinski definition) is 9. The van der Waals surface area contributed by atoms with Crippen molar-refractivity contribution in [2.45, 2.75) is 19.4 Å². The van der Waals surface area contributed by atoms with Gasteiger partial charge in [0.2, 0.25) is 5.52 Å². The van der Waals surface area contributed by atoms with E-state index in [1.54, 1.807) is 34.9 Å². The van der Waals surface area contributed by atoms with Gasteiger partial charge in [-0.1, -0.05) is 29.5 Å². The van der Waals surface area contributed by atoms with Crippen molar-refractivity contribution in [3.05, 3.63) is 53.0 Å². The van der Waals surface area contributed by atoms with Gasteiger partial charge in [-0.3, -0.25) is 4.55 Å². The van der Waals surface area contributed by atoms with Crippen LogP contribution in [0.3, 0.4) is 0 Å². The van der Waals surface area contributed by atoms with Crippen LogP contribution in [0, 0.1) is 0 Å². The van der Waals surface area contributed by atoms with Crippen LogP contribution in [0.1, 0.15) is 23.4 Å². The summed E-state index contributed by atoms with van der Waals surface area (Å²) < 4.78 is 58.2. The first-order valence-electron chi connectivity index (χ1n) is 13.7. The molecule has 0 atom stereocenters. The molecule has 1 aliphatic heterocycles. The highest BCUT2D eigenvalue weighted by molar-refractivity contribution is 7.99. The third-order valence-electron chi connectivity index (χ3n) is 6.14. The van der Waals surface area contributed by atoms with Gasteiger partial charge in [0.1, 0.15) is 4.70 Å². The second-order valence-corrected chi connectivity index (χ2v) is 14.3. The van der Waals surface area contributed by atoms with Crippen LogP contribution in [0.15, 0.2) is 42.5 Å². The lowest BCUT2D eigenvalue weighted by Gasteiger charge is -2.14. The summed E-state index contributed by atoms with van der Waals surface area (Å²) in [5, 5.41) is 1.06. The molecule has 0 unspecified atom stereocenters. The lowest BCUT2D eigenvalue weighted by atomic mass is 10.2. The predicted octanol–water partition coefficient (Wildman–Crippen LogP) is 5.30. The molecule has 1 aliphatic rings. The standard InChI is InChI=1S/C29H37NO7S4/c31-41(32,33)22-4-3-11-30-25-5-1-2-6-28(25)40-29(30)10-8-24-7-9-26-27(23-24)37-17-21-39-19-15-35-13-12-34-14-18-38-20-16-36-26/h1-2,5-10,23H,3-4,11-22H2/p+1/b10-8-. The Labute approximate surface area is 255 Å². The Bertz CT molecular complexity index is 1360. The number of thioether (sulfide) groups is 2. The van der Waals surface area contributed by atoms with Crippen molar-refractivity contribution in [1.29, 1.82) is 0 Å². The number of rotatable bonds is 7. The van der Waals surface area contributed by atoms with Gasteiger partial charge in [-0.2, -0.15) is 36.5 Å². The summed E-state index contributed by atoms with van der Waals surface area (Å²) in [6, 6.07) is 14.2. The number of benzene rings is 2. The normalized spacial score (nSPS) is 16.9. The van der Waals surface area contributed by atoms with Gasteiger partial charge in [-0.25, -0.2) is 0 Å². The SMILES string of the molecule is O=S(=O)(O)CCCC[n+]1c(/C=C\c2ccc3c(c2)OCCSCCOCCOCCSCCO3)sc2ccccc21. The minimum absolute atomic E-state index is 0.225. The van der Waals surface area contributed by atoms with E-state index in [0.29, 0.717) is 59.0 Å². The van der Waals surface area contributed by atoms with Crippen LogP contribution in [0.4, 0.5) is 0 Å².